The molecular formula is C13H15N3O. The number of aromatic nitrogens is 3. The van der Waals surface area contributed by atoms with Crippen LogP contribution in [0.5, 0.6) is 0 Å². The van der Waals surface area contributed by atoms with E-state index >= 15 is 0 Å². The van der Waals surface area contributed by atoms with Gasteiger partial charge in [0.1, 0.15) is 0 Å². The van der Waals surface area contributed by atoms with Crippen molar-refractivity contribution in [3.05, 3.63) is 47.8 Å². The molecule has 0 amide bonds. The molecule has 1 atom stereocenters. The Morgan fingerprint density at radius 1 is 1.29 bits per heavy atom. The molecule has 17 heavy (non-hydrogen) atoms. The fraction of sp³-hybridized carbons (Fsp3) is 0.385. The van der Waals surface area contributed by atoms with Crippen LogP contribution in [0.2, 0.25) is 0 Å². The fourth-order valence-electron chi connectivity index (χ4n) is 1.93. The smallest absolute Gasteiger partial charge is 0.0986 e. The van der Waals surface area contributed by atoms with E-state index in [0.29, 0.717) is 12.5 Å². The summed E-state index contributed by atoms with van der Waals surface area (Å²) in [4.78, 5) is 0. The standard InChI is InChI=1S/C13H15N3O/c17-13(11-4-2-1-3-5-11)9-16-8-12(14-15-16)10-6-7-10/h1-5,8,10,13,17H,6-7,9H2. The van der Waals surface area contributed by atoms with Gasteiger partial charge in [-0.25, -0.2) is 4.68 Å². The molecule has 1 aliphatic carbocycles. The Kier molecular flexibility index (Phi) is 2.65. The molecular weight excluding hydrogens is 214 g/mol. The maximum Gasteiger partial charge on any atom is 0.0986 e. The number of benzene rings is 1. The van der Waals surface area contributed by atoms with Gasteiger partial charge in [0, 0.05) is 12.1 Å². The van der Waals surface area contributed by atoms with E-state index in [1.54, 1.807) is 4.68 Å². The first kappa shape index (κ1) is 10.5. The van der Waals surface area contributed by atoms with Crippen LogP contribution in [-0.2, 0) is 6.54 Å². The van der Waals surface area contributed by atoms with Crippen LogP contribution in [-0.4, -0.2) is 20.1 Å². The second-order valence-corrected chi connectivity index (χ2v) is 4.57. The van der Waals surface area contributed by atoms with Gasteiger partial charge in [-0.2, -0.15) is 0 Å². The van der Waals surface area contributed by atoms with Crippen LogP contribution in [0.25, 0.3) is 0 Å². The van der Waals surface area contributed by atoms with Crippen molar-refractivity contribution in [1.82, 2.24) is 15.0 Å². The molecule has 88 valence electrons. The monoisotopic (exact) mass is 229 g/mol. The third-order valence-corrected chi connectivity index (χ3v) is 3.10. The number of aliphatic hydroxyl groups excluding tert-OH is 1. The number of hydrogen-bond donors (Lipinski definition) is 1. The number of hydrogen-bond acceptors (Lipinski definition) is 3. The molecule has 4 heteroatoms. The zero-order chi connectivity index (χ0) is 11.7. The average molecular weight is 229 g/mol. The van der Waals surface area contributed by atoms with E-state index < -0.39 is 6.10 Å². The quantitative estimate of drug-likeness (QED) is 0.871. The van der Waals surface area contributed by atoms with Crippen LogP contribution in [0.3, 0.4) is 0 Å². The Bertz CT molecular complexity index is 490. The van der Waals surface area contributed by atoms with Gasteiger partial charge in [0.05, 0.1) is 18.3 Å². The van der Waals surface area contributed by atoms with Crippen LogP contribution in [0.4, 0.5) is 0 Å². The molecule has 1 unspecified atom stereocenters. The molecule has 1 saturated carbocycles. The molecule has 0 radical (unpaired) electrons. The van der Waals surface area contributed by atoms with Crippen LogP contribution in [0.1, 0.15) is 36.1 Å². The summed E-state index contributed by atoms with van der Waals surface area (Å²) < 4.78 is 1.73. The Labute approximate surface area is 99.9 Å². The van der Waals surface area contributed by atoms with Gasteiger partial charge in [0.25, 0.3) is 0 Å². The zero-order valence-electron chi connectivity index (χ0n) is 9.53. The molecule has 1 N–H and O–H groups in total. The lowest BCUT2D eigenvalue weighted by Crippen LogP contribution is -2.09. The van der Waals surface area contributed by atoms with Gasteiger partial charge in [-0.05, 0) is 18.4 Å². The van der Waals surface area contributed by atoms with E-state index in [2.05, 4.69) is 10.3 Å². The summed E-state index contributed by atoms with van der Waals surface area (Å²) in [5, 5.41) is 18.2. The van der Waals surface area contributed by atoms with Gasteiger partial charge >= 0.3 is 0 Å². The lowest BCUT2D eigenvalue weighted by atomic mass is 10.1. The normalized spacial score (nSPS) is 17.0. The first-order valence-electron chi connectivity index (χ1n) is 5.96. The summed E-state index contributed by atoms with van der Waals surface area (Å²) >= 11 is 0. The SMILES string of the molecule is OC(Cn1cc(C2CC2)nn1)c1ccccc1. The minimum Gasteiger partial charge on any atom is -0.386 e. The fourth-order valence-corrected chi connectivity index (χ4v) is 1.93. The number of aliphatic hydroxyl groups is 1. The molecule has 1 aromatic carbocycles. The number of rotatable bonds is 4. The van der Waals surface area contributed by atoms with Gasteiger partial charge in [-0.3, -0.25) is 0 Å². The summed E-state index contributed by atoms with van der Waals surface area (Å²) in [5.41, 5.74) is 1.97. The summed E-state index contributed by atoms with van der Waals surface area (Å²) in [7, 11) is 0. The minimum atomic E-state index is -0.523. The average Bonchev–Trinajstić information content (AvgIpc) is 3.12. The van der Waals surface area contributed by atoms with Crippen molar-refractivity contribution in [2.45, 2.75) is 31.4 Å². The van der Waals surface area contributed by atoms with Crippen molar-refractivity contribution in [2.24, 2.45) is 0 Å². The Balaban J connectivity index is 1.69. The van der Waals surface area contributed by atoms with Gasteiger partial charge in [-0.15, -0.1) is 5.10 Å². The first-order valence-corrected chi connectivity index (χ1v) is 5.96. The van der Waals surface area contributed by atoms with Gasteiger partial charge in [0.15, 0.2) is 0 Å². The molecule has 1 fully saturated rings. The molecule has 1 heterocycles. The van der Waals surface area contributed by atoms with Crippen molar-refractivity contribution >= 4 is 0 Å². The topological polar surface area (TPSA) is 50.9 Å². The van der Waals surface area contributed by atoms with E-state index in [1.807, 2.05) is 36.5 Å². The van der Waals surface area contributed by atoms with Gasteiger partial charge in [0.2, 0.25) is 0 Å². The molecule has 3 rings (SSSR count). The largest absolute Gasteiger partial charge is 0.386 e. The summed E-state index contributed by atoms with van der Waals surface area (Å²) in [6, 6.07) is 9.63. The van der Waals surface area contributed by atoms with E-state index in [-0.39, 0.29) is 0 Å². The van der Waals surface area contributed by atoms with Gasteiger partial charge in [-0.1, -0.05) is 35.5 Å². The maximum absolute atomic E-state index is 10.0. The minimum absolute atomic E-state index is 0.462. The highest BCUT2D eigenvalue weighted by molar-refractivity contribution is 5.17. The van der Waals surface area contributed by atoms with Crippen LogP contribution in [0.15, 0.2) is 36.5 Å². The van der Waals surface area contributed by atoms with Crippen molar-refractivity contribution < 1.29 is 5.11 Å². The third kappa shape index (κ3) is 2.36. The second-order valence-electron chi connectivity index (χ2n) is 4.57. The van der Waals surface area contributed by atoms with E-state index in [0.717, 1.165) is 11.3 Å². The predicted molar refractivity (Wildman–Crippen MR) is 63.4 cm³/mol. The van der Waals surface area contributed by atoms with Crippen LogP contribution in [0, 0.1) is 0 Å². The van der Waals surface area contributed by atoms with Crippen molar-refractivity contribution in [3.8, 4) is 0 Å². The summed E-state index contributed by atoms with van der Waals surface area (Å²) in [6.07, 6.45) is 3.87. The van der Waals surface area contributed by atoms with Crippen LogP contribution >= 0.6 is 0 Å². The lowest BCUT2D eigenvalue weighted by Gasteiger charge is -2.09. The zero-order valence-corrected chi connectivity index (χ0v) is 9.53. The molecule has 0 saturated heterocycles. The molecule has 1 aliphatic rings. The molecule has 2 aromatic rings. The van der Waals surface area contributed by atoms with Gasteiger partial charge < -0.3 is 5.11 Å². The van der Waals surface area contributed by atoms with E-state index in [9.17, 15) is 5.11 Å². The summed E-state index contributed by atoms with van der Waals surface area (Å²) in [6.45, 7) is 0.462. The Morgan fingerprint density at radius 2 is 2.06 bits per heavy atom. The first-order chi connectivity index (χ1) is 8.33. The molecule has 0 spiro atoms. The van der Waals surface area contributed by atoms with Crippen LogP contribution < -0.4 is 0 Å². The number of nitrogens with zero attached hydrogens (tertiary/aromatic N) is 3. The molecule has 0 bridgehead atoms. The second kappa shape index (κ2) is 4.30. The highest BCUT2D eigenvalue weighted by Crippen LogP contribution is 2.38. The Morgan fingerprint density at radius 3 is 2.76 bits per heavy atom. The lowest BCUT2D eigenvalue weighted by molar-refractivity contribution is 0.150. The molecule has 0 aliphatic heterocycles. The third-order valence-electron chi connectivity index (χ3n) is 3.10. The predicted octanol–water partition coefficient (Wildman–Crippen LogP) is 1.89. The Hall–Kier alpha value is -1.68. The molecule has 4 nitrogen and oxygen atoms in total. The van der Waals surface area contributed by atoms with Crippen molar-refractivity contribution in [3.63, 3.8) is 0 Å². The highest BCUT2D eigenvalue weighted by atomic mass is 16.3. The van der Waals surface area contributed by atoms with E-state index in [4.69, 9.17) is 0 Å². The highest BCUT2D eigenvalue weighted by Gasteiger charge is 2.26. The summed E-state index contributed by atoms with van der Waals surface area (Å²) in [5.74, 6) is 0.609. The van der Waals surface area contributed by atoms with Crippen molar-refractivity contribution in [1.29, 1.82) is 0 Å². The maximum atomic E-state index is 10.0. The molecule has 1 aromatic heterocycles. The van der Waals surface area contributed by atoms with E-state index in [1.165, 1.54) is 12.8 Å². The van der Waals surface area contributed by atoms with Crippen molar-refractivity contribution in [2.75, 3.05) is 0 Å².